The topological polar surface area (TPSA) is 298 Å². The molecule has 17 nitrogen and oxygen atoms in total. The van der Waals surface area contributed by atoms with Gasteiger partial charge in [-0.1, -0.05) is 0 Å². The second-order valence-electron chi connectivity index (χ2n) is 10.9. The van der Waals surface area contributed by atoms with Gasteiger partial charge < -0.3 is 74.8 Å². The van der Waals surface area contributed by atoms with Gasteiger partial charge >= 0.3 is 5.97 Å². The molecule has 7 atom stereocenters. The molecule has 2 aromatic carbocycles. The Morgan fingerprint density at radius 1 is 0.867 bits per heavy atom. The minimum Gasteiger partial charge on any atom is -0.508 e. The quantitative estimate of drug-likeness (QED) is 0.0992. The summed E-state index contributed by atoms with van der Waals surface area (Å²) < 4.78 is 21.4. The lowest BCUT2D eigenvalue weighted by atomic mass is 9.79. The Kier molecular flexibility index (Phi) is 8.55. The van der Waals surface area contributed by atoms with E-state index in [1.807, 2.05) is 0 Å². The summed E-state index contributed by atoms with van der Waals surface area (Å²) in [5.74, 6) is -5.28. The summed E-state index contributed by atoms with van der Waals surface area (Å²) in [5, 5.41) is 112. The number of carbonyl (C=O) groups is 1. The van der Waals surface area contributed by atoms with E-state index >= 15 is 0 Å². The number of aromatic hydroxyl groups is 4. The molecule has 0 spiro atoms. The van der Waals surface area contributed by atoms with Gasteiger partial charge in [-0.2, -0.15) is 0 Å². The first-order valence-corrected chi connectivity index (χ1v) is 13.5. The van der Waals surface area contributed by atoms with Crippen LogP contribution in [0.1, 0.15) is 12.8 Å². The SMILES string of the molecule is O=C(OC[C@H]1O[C@@H](Oc2cc(O)c3c(=O)c(O)c(-c4ccc(O)cc4)oc3c2O)[C@H](O)[C@@H](O)[C@@H]1O)C1(O)CC(O)C(O)C(O)C1. The van der Waals surface area contributed by atoms with Gasteiger partial charge in [-0.25, -0.2) is 4.79 Å². The van der Waals surface area contributed by atoms with Crippen LogP contribution in [0.2, 0.25) is 0 Å². The van der Waals surface area contributed by atoms with Crippen LogP contribution in [0, 0.1) is 0 Å². The number of benzene rings is 2. The maximum Gasteiger partial charge on any atom is 0.338 e. The van der Waals surface area contributed by atoms with E-state index in [1.54, 1.807) is 0 Å². The zero-order chi connectivity index (χ0) is 33.0. The number of hydrogen-bond acceptors (Lipinski definition) is 17. The average molecular weight is 639 g/mol. The van der Waals surface area contributed by atoms with E-state index in [0.29, 0.717) is 0 Å². The van der Waals surface area contributed by atoms with E-state index in [2.05, 4.69) is 0 Å². The Labute approximate surface area is 251 Å². The van der Waals surface area contributed by atoms with E-state index in [9.17, 15) is 65.8 Å². The number of aliphatic hydroxyl groups is 7. The third-order valence-electron chi connectivity index (χ3n) is 7.74. The fraction of sp³-hybridized carbons (Fsp3) is 0.429. The highest BCUT2D eigenvalue weighted by Crippen LogP contribution is 2.43. The standard InChI is InChI=1S/C28H30O17/c29-10-3-1-9(2-4-10)24-22(38)20(36)16-11(30)5-14(19(35)25(16)45-24)43-26-23(39)21(37)18(34)15(44-26)8-42-27(40)28(41)6-12(31)17(33)13(32)7-28/h1-5,12-13,15,17-18,21,23,26,29-35,37-39,41H,6-8H2/t12?,13?,15-,17?,18-,21+,23-,26-,28?/m1/s1. The van der Waals surface area contributed by atoms with Crippen LogP contribution >= 0.6 is 0 Å². The third kappa shape index (κ3) is 5.83. The number of esters is 1. The zero-order valence-corrected chi connectivity index (χ0v) is 23.0. The zero-order valence-electron chi connectivity index (χ0n) is 23.0. The van der Waals surface area contributed by atoms with Gasteiger partial charge in [0.1, 0.15) is 54.0 Å². The number of hydrogen-bond donors (Lipinski definition) is 11. The predicted octanol–water partition coefficient (Wildman–Crippen LogP) is -2.38. The number of phenols is 3. The van der Waals surface area contributed by atoms with Crippen molar-refractivity contribution in [3.8, 4) is 40.1 Å². The van der Waals surface area contributed by atoms with Crippen LogP contribution in [-0.2, 0) is 14.3 Å². The first-order valence-electron chi connectivity index (χ1n) is 13.5. The molecular weight excluding hydrogens is 608 g/mol. The maximum atomic E-state index is 12.9. The van der Waals surface area contributed by atoms with Gasteiger partial charge in [-0.15, -0.1) is 0 Å². The second kappa shape index (κ2) is 12.0. The molecule has 1 aromatic heterocycles. The van der Waals surface area contributed by atoms with E-state index in [0.717, 1.165) is 6.07 Å². The molecule has 1 aliphatic carbocycles. The van der Waals surface area contributed by atoms with E-state index in [-0.39, 0.29) is 11.3 Å². The molecule has 2 heterocycles. The summed E-state index contributed by atoms with van der Waals surface area (Å²) in [4.78, 5) is 25.5. The number of aliphatic hydroxyl groups excluding tert-OH is 6. The molecule has 244 valence electrons. The molecule has 1 aliphatic heterocycles. The van der Waals surface area contributed by atoms with Crippen molar-refractivity contribution in [3.05, 3.63) is 40.6 Å². The molecule has 11 N–H and O–H groups in total. The summed E-state index contributed by atoms with van der Waals surface area (Å²) in [6, 6.07) is 5.78. The lowest BCUT2D eigenvalue weighted by Crippen LogP contribution is -2.61. The Hall–Kier alpha value is -4.20. The number of phenolic OH excluding ortho intramolecular Hbond substituents is 3. The van der Waals surface area contributed by atoms with Gasteiger partial charge in [-0.3, -0.25) is 4.79 Å². The molecule has 3 aromatic rings. The Morgan fingerprint density at radius 3 is 2.11 bits per heavy atom. The molecule has 1 saturated carbocycles. The average Bonchev–Trinajstić information content (AvgIpc) is 2.99. The number of carbonyl (C=O) groups excluding carboxylic acids is 1. The van der Waals surface area contributed by atoms with Gasteiger partial charge in [0.05, 0.1) is 12.2 Å². The highest BCUT2D eigenvalue weighted by atomic mass is 16.7. The molecule has 17 heteroatoms. The summed E-state index contributed by atoms with van der Waals surface area (Å²) in [6.07, 6.45) is -15.7. The predicted molar refractivity (Wildman–Crippen MR) is 145 cm³/mol. The van der Waals surface area contributed by atoms with Crippen LogP contribution in [0.4, 0.5) is 0 Å². The van der Waals surface area contributed by atoms with Crippen molar-refractivity contribution < 1.29 is 79.6 Å². The fourth-order valence-corrected chi connectivity index (χ4v) is 5.21. The Bertz CT molecular complexity index is 1620. The second-order valence-corrected chi connectivity index (χ2v) is 10.9. The summed E-state index contributed by atoms with van der Waals surface area (Å²) in [6.45, 7) is -0.861. The molecule has 0 bridgehead atoms. The van der Waals surface area contributed by atoms with Crippen LogP contribution in [0.5, 0.6) is 28.7 Å². The molecule has 2 unspecified atom stereocenters. The van der Waals surface area contributed by atoms with E-state index in [4.69, 9.17) is 18.6 Å². The summed E-state index contributed by atoms with van der Waals surface area (Å²) in [5.41, 5.74) is -4.12. The van der Waals surface area contributed by atoms with Crippen molar-refractivity contribution in [1.29, 1.82) is 0 Å². The van der Waals surface area contributed by atoms with E-state index in [1.165, 1.54) is 24.3 Å². The number of ether oxygens (including phenoxy) is 3. The minimum absolute atomic E-state index is 0.105. The largest absolute Gasteiger partial charge is 0.508 e. The van der Waals surface area contributed by atoms with Crippen LogP contribution in [-0.4, -0.2) is 123 Å². The summed E-state index contributed by atoms with van der Waals surface area (Å²) >= 11 is 0. The van der Waals surface area contributed by atoms with Crippen molar-refractivity contribution in [2.75, 3.05) is 6.61 Å². The van der Waals surface area contributed by atoms with Gasteiger partial charge in [0, 0.05) is 24.5 Å². The molecule has 45 heavy (non-hydrogen) atoms. The van der Waals surface area contributed by atoms with Gasteiger partial charge in [-0.05, 0) is 24.3 Å². The van der Waals surface area contributed by atoms with Crippen molar-refractivity contribution >= 4 is 16.9 Å². The van der Waals surface area contributed by atoms with Gasteiger partial charge in [0.15, 0.2) is 22.7 Å². The van der Waals surface area contributed by atoms with Crippen LogP contribution in [0.15, 0.2) is 39.5 Å². The van der Waals surface area contributed by atoms with E-state index < -0.39 is 125 Å². The van der Waals surface area contributed by atoms with Crippen LogP contribution < -0.4 is 10.2 Å². The molecular formula is C28H30O17. The lowest BCUT2D eigenvalue weighted by Gasteiger charge is -2.41. The van der Waals surface area contributed by atoms with Crippen LogP contribution in [0.3, 0.4) is 0 Å². The van der Waals surface area contributed by atoms with Crippen molar-refractivity contribution in [1.82, 2.24) is 0 Å². The maximum absolute atomic E-state index is 12.9. The number of rotatable bonds is 6. The highest BCUT2D eigenvalue weighted by Gasteiger charge is 2.51. The highest BCUT2D eigenvalue weighted by molar-refractivity contribution is 5.93. The van der Waals surface area contributed by atoms with Crippen molar-refractivity contribution in [3.63, 3.8) is 0 Å². The Morgan fingerprint density at radius 2 is 1.49 bits per heavy atom. The van der Waals surface area contributed by atoms with Gasteiger partial charge in [0.25, 0.3) is 0 Å². The first kappa shape index (κ1) is 32.2. The molecule has 5 rings (SSSR count). The smallest absolute Gasteiger partial charge is 0.338 e. The third-order valence-corrected chi connectivity index (χ3v) is 7.74. The normalized spacial score (nSPS) is 31.9. The van der Waals surface area contributed by atoms with Crippen molar-refractivity contribution in [2.45, 2.75) is 67.5 Å². The molecule has 2 fully saturated rings. The minimum atomic E-state index is -2.42. The molecule has 1 saturated heterocycles. The van der Waals surface area contributed by atoms with Gasteiger partial charge in [0.2, 0.25) is 23.2 Å². The molecule has 0 amide bonds. The lowest BCUT2D eigenvalue weighted by molar-refractivity contribution is -0.280. The van der Waals surface area contributed by atoms with Crippen molar-refractivity contribution in [2.24, 2.45) is 0 Å². The molecule has 2 aliphatic rings. The first-order chi connectivity index (χ1) is 21.1. The summed E-state index contributed by atoms with van der Waals surface area (Å²) in [7, 11) is 0. The number of fused-ring (bicyclic) bond motifs is 1. The van der Waals surface area contributed by atoms with Crippen LogP contribution in [0.25, 0.3) is 22.3 Å². The fourth-order valence-electron chi connectivity index (χ4n) is 5.21. The monoisotopic (exact) mass is 638 g/mol. The Balaban J connectivity index is 1.39. The molecule has 0 radical (unpaired) electrons.